The Morgan fingerprint density at radius 3 is 2.63 bits per heavy atom. The molecule has 0 bridgehead atoms. The number of nitrogens with zero attached hydrogens (tertiary/aromatic N) is 3. The summed E-state index contributed by atoms with van der Waals surface area (Å²) in [7, 11) is 1.58. The van der Waals surface area contributed by atoms with Gasteiger partial charge in [-0.1, -0.05) is 0 Å². The minimum Gasteiger partial charge on any atom is -0.479 e. The predicted molar refractivity (Wildman–Crippen MR) is 69.7 cm³/mol. The summed E-state index contributed by atoms with van der Waals surface area (Å²) in [6.45, 7) is 1.89. The van der Waals surface area contributed by atoms with Crippen molar-refractivity contribution >= 4 is 5.52 Å². The van der Waals surface area contributed by atoms with Gasteiger partial charge in [-0.05, 0) is 31.2 Å². The number of aryl methyl sites for hydroxylation is 1. The van der Waals surface area contributed by atoms with Crippen LogP contribution in [0.4, 0.5) is 4.39 Å². The number of rotatable bonds is 2. The number of halogens is 1. The van der Waals surface area contributed by atoms with Gasteiger partial charge < -0.3 is 4.74 Å². The lowest BCUT2D eigenvalue weighted by Crippen LogP contribution is -1.97. The number of aromatic nitrogens is 3. The van der Waals surface area contributed by atoms with E-state index in [0.29, 0.717) is 5.88 Å². The lowest BCUT2D eigenvalue weighted by atomic mass is 10.2. The first-order valence-electron chi connectivity index (χ1n) is 5.83. The number of benzene rings is 1. The standard InChI is InChI=1S/C14H12FN3O/c1-9-8-18-12(14(17-9)19-2)7-16-13(18)10-3-5-11(15)6-4-10/h3-8H,1-2H3. The molecule has 0 saturated heterocycles. The Bertz CT molecular complexity index is 734. The molecule has 0 radical (unpaired) electrons. The monoisotopic (exact) mass is 257 g/mol. The fourth-order valence-corrected chi connectivity index (χ4v) is 2.05. The molecule has 1 aromatic carbocycles. The maximum atomic E-state index is 13.0. The molecule has 0 unspecified atom stereocenters. The Morgan fingerprint density at radius 2 is 1.95 bits per heavy atom. The second kappa shape index (κ2) is 4.35. The third-order valence-electron chi connectivity index (χ3n) is 2.91. The average molecular weight is 257 g/mol. The first kappa shape index (κ1) is 11.6. The van der Waals surface area contributed by atoms with Crippen LogP contribution in [0.3, 0.4) is 0 Å². The number of hydrogen-bond acceptors (Lipinski definition) is 3. The van der Waals surface area contributed by atoms with Crippen LogP contribution in [0.1, 0.15) is 5.69 Å². The number of ether oxygens (including phenoxy) is 1. The molecule has 5 heteroatoms. The van der Waals surface area contributed by atoms with Gasteiger partial charge in [0.05, 0.1) is 19.0 Å². The molecule has 0 atom stereocenters. The Morgan fingerprint density at radius 1 is 1.21 bits per heavy atom. The smallest absolute Gasteiger partial charge is 0.239 e. The molecule has 3 rings (SSSR count). The van der Waals surface area contributed by atoms with Gasteiger partial charge in [0.25, 0.3) is 0 Å². The van der Waals surface area contributed by atoms with Crippen molar-refractivity contribution in [3.63, 3.8) is 0 Å². The van der Waals surface area contributed by atoms with E-state index < -0.39 is 0 Å². The Hall–Kier alpha value is -2.43. The van der Waals surface area contributed by atoms with Crippen molar-refractivity contribution in [3.05, 3.63) is 48.2 Å². The van der Waals surface area contributed by atoms with E-state index >= 15 is 0 Å². The van der Waals surface area contributed by atoms with Crippen molar-refractivity contribution in [1.82, 2.24) is 14.4 Å². The van der Waals surface area contributed by atoms with Gasteiger partial charge in [-0.25, -0.2) is 14.4 Å². The normalized spacial score (nSPS) is 10.9. The van der Waals surface area contributed by atoms with Gasteiger partial charge in [-0.2, -0.15) is 0 Å². The van der Waals surface area contributed by atoms with Crippen LogP contribution in [0.25, 0.3) is 16.9 Å². The van der Waals surface area contributed by atoms with Gasteiger partial charge in [-0.15, -0.1) is 0 Å². The summed E-state index contributed by atoms with van der Waals surface area (Å²) < 4.78 is 20.1. The van der Waals surface area contributed by atoms with Gasteiger partial charge in [0.15, 0.2) is 0 Å². The highest BCUT2D eigenvalue weighted by molar-refractivity contribution is 5.65. The molecule has 3 aromatic rings. The van der Waals surface area contributed by atoms with Crippen LogP contribution in [-0.2, 0) is 0 Å². The summed E-state index contributed by atoms with van der Waals surface area (Å²) in [6, 6.07) is 6.24. The molecule has 0 aliphatic heterocycles. The summed E-state index contributed by atoms with van der Waals surface area (Å²) in [5, 5.41) is 0. The predicted octanol–water partition coefficient (Wildman–Crippen LogP) is 2.85. The van der Waals surface area contributed by atoms with Gasteiger partial charge in [0, 0.05) is 11.8 Å². The van der Waals surface area contributed by atoms with Crippen LogP contribution in [0.15, 0.2) is 36.7 Å². The second-order valence-electron chi connectivity index (χ2n) is 4.24. The highest BCUT2D eigenvalue weighted by Crippen LogP contribution is 2.24. The average Bonchev–Trinajstić information content (AvgIpc) is 2.82. The second-order valence-corrected chi connectivity index (χ2v) is 4.24. The van der Waals surface area contributed by atoms with Crippen LogP contribution in [-0.4, -0.2) is 21.5 Å². The van der Waals surface area contributed by atoms with E-state index in [1.165, 1.54) is 12.1 Å². The topological polar surface area (TPSA) is 39.4 Å². The summed E-state index contributed by atoms with van der Waals surface area (Å²) in [5.41, 5.74) is 2.45. The van der Waals surface area contributed by atoms with Crippen molar-refractivity contribution in [2.24, 2.45) is 0 Å². The Kier molecular flexibility index (Phi) is 2.67. The molecule has 19 heavy (non-hydrogen) atoms. The largest absolute Gasteiger partial charge is 0.479 e. The molecule has 0 aliphatic rings. The van der Waals surface area contributed by atoms with Crippen molar-refractivity contribution in [2.75, 3.05) is 7.11 Å². The molecule has 96 valence electrons. The molecular weight excluding hydrogens is 245 g/mol. The van der Waals surface area contributed by atoms with Crippen molar-refractivity contribution in [2.45, 2.75) is 6.92 Å². The van der Waals surface area contributed by atoms with Crippen LogP contribution in [0, 0.1) is 12.7 Å². The zero-order chi connectivity index (χ0) is 13.4. The fraction of sp³-hybridized carbons (Fsp3) is 0.143. The Labute approximate surface area is 109 Å². The van der Waals surface area contributed by atoms with Crippen molar-refractivity contribution in [3.8, 4) is 17.3 Å². The van der Waals surface area contributed by atoms with E-state index in [1.54, 1.807) is 25.4 Å². The molecule has 0 N–H and O–H groups in total. The summed E-state index contributed by atoms with van der Waals surface area (Å²) in [4.78, 5) is 8.66. The first-order chi connectivity index (χ1) is 9.19. The number of hydrogen-bond donors (Lipinski definition) is 0. The van der Waals surface area contributed by atoms with Crippen molar-refractivity contribution in [1.29, 1.82) is 0 Å². The summed E-state index contributed by atoms with van der Waals surface area (Å²) >= 11 is 0. The van der Waals surface area contributed by atoms with E-state index in [2.05, 4.69) is 9.97 Å². The summed E-state index contributed by atoms with van der Waals surface area (Å²) in [6.07, 6.45) is 3.58. The fourth-order valence-electron chi connectivity index (χ4n) is 2.05. The van der Waals surface area contributed by atoms with E-state index in [1.807, 2.05) is 17.5 Å². The Balaban J connectivity index is 2.25. The van der Waals surface area contributed by atoms with E-state index in [9.17, 15) is 4.39 Å². The lowest BCUT2D eigenvalue weighted by Gasteiger charge is -2.06. The van der Waals surface area contributed by atoms with E-state index in [4.69, 9.17) is 4.74 Å². The number of methoxy groups -OCH3 is 1. The molecule has 2 heterocycles. The SMILES string of the molecule is COc1nc(C)cn2c(-c3ccc(F)cc3)ncc12. The highest BCUT2D eigenvalue weighted by atomic mass is 19.1. The van der Waals surface area contributed by atoms with Crippen LogP contribution < -0.4 is 4.74 Å². The molecule has 2 aromatic heterocycles. The molecule has 0 saturated carbocycles. The maximum Gasteiger partial charge on any atom is 0.239 e. The third kappa shape index (κ3) is 1.93. The van der Waals surface area contributed by atoms with E-state index in [-0.39, 0.29) is 5.82 Å². The number of imidazole rings is 1. The zero-order valence-corrected chi connectivity index (χ0v) is 10.6. The van der Waals surface area contributed by atoms with Gasteiger partial charge in [0.1, 0.15) is 17.2 Å². The van der Waals surface area contributed by atoms with Crippen LogP contribution in [0.2, 0.25) is 0 Å². The van der Waals surface area contributed by atoms with Crippen molar-refractivity contribution < 1.29 is 9.13 Å². The van der Waals surface area contributed by atoms with Crippen LogP contribution in [0.5, 0.6) is 5.88 Å². The molecule has 0 fully saturated rings. The summed E-state index contributed by atoms with van der Waals surface area (Å²) in [5.74, 6) is 1.000. The first-order valence-corrected chi connectivity index (χ1v) is 5.83. The van der Waals surface area contributed by atoms with E-state index in [0.717, 1.165) is 22.6 Å². The number of fused-ring (bicyclic) bond motifs is 1. The minimum absolute atomic E-state index is 0.264. The van der Waals surface area contributed by atoms with Gasteiger partial charge in [0.2, 0.25) is 5.88 Å². The quantitative estimate of drug-likeness (QED) is 0.708. The molecule has 0 aliphatic carbocycles. The third-order valence-corrected chi connectivity index (χ3v) is 2.91. The maximum absolute atomic E-state index is 13.0. The lowest BCUT2D eigenvalue weighted by molar-refractivity contribution is 0.400. The van der Waals surface area contributed by atoms with Gasteiger partial charge >= 0.3 is 0 Å². The molecule has 0 amide bonds. The van der Waals surface area contributed by atoms with Gasteiger partial charge in [-0.3, -0.25) is 4.40 Å². The molecule has 0 spiro atoms. The minimum atomic E-state index is -0.264. The zero-order valence-electron chi connectivity index (χ0n) is 10.6. The van der Waals surface area contributed by atoms with Crippen LogP contribution >= 0.6 is 0 Å². The molecule has 4 nitrogen and oxygen atoms in total. The molecular formula is C14H12FN3O. The highest BCUT2D eigenvalue weighted by Gasteiger charge is 2.11.